The lowest BCUT2D eigenvalue weighted by Gasteiger charge is -2.28. The van der Waals surface area contributed by atoms with Crippen LogP contribution in [-0.4, -0.2) is 19.1 Å². The Hall–Kier alpha value is -2.29. The predicted molar refractivity (Wildman–Crippen MR) is 74.9 cm³/mol. The summed E-state index contributed by atoms with van der Waals surface area (Å²) in [5, 5.41) is 5.73. The van der Waals surface area contributed by atoms with E-state index < -0.39 is 0 Å². The average Bonchev–Trinajstić information content (AvgIpc) is 2.47. The third-order valence-electron chi connectivity index (χ3n) is 3.88. The molecular formula is C16H13NO2. The van der Waals surface area contributed by atoms with Crippen molar-refractivity contribution >= 4 is 28.0 Å². The minimum Gasteiger partial charge on any atom is -0.462 e. The third kappa shape index (κ3) is 1.48. The maximum absolute atomic E-state index is 11.9. The average molecular weight is 251 g/mol. The number of hydrogen-bond donors (Lipinski definition) is 1. The quantitative estimate of drug-likeness (QED) is 0.731. The molecule has 0 amide bonds. The van der Waals surface area contributed by atoms with Gasteiger partial charge in [0.15, 0.2) is 0 Å². The molecule has 2 aliphatic heterocycles. The first-order valence-corrected chi connectivity index (χ1v) is 6.50. The van der Waals surface area contributed by atoms with Gasteiger partial charge >= 0.3 is 5.97 Å². The number of carbonyl (C=O) groups is 1. The second-order valence-electron chi connectivity index (χ2n) is 4.91. The van der Waals surface area contributed by atoms with Crippen LogP contribution in [0.4, 0.5) is 5.69 Å². The highest BCUT2D eigenvalue weighted by Gasteiger charge is 2.28. The van der Waals surface area contributed by atoms with Gasteiger partial charge in [-0.1, -0.05) is 30.3 Å². The minimum atomic E-state index is -0.174. The van der Waals surface area contributed by atoms with Crippen LogP contribution in [0.15, 0.2) is 42.0 Å². The number of ether oxygens (including phenoxy) is 1. The molecule has 3 nitrogen and oxygen atoms in total. The number of benzene rings is 2. The van der Waals surface area contributed by atoms with E-state index in [-0.39, 0.29) is 5.97 Å². The van der Waals surface area contributed by atoms with E-state index in [1.165, 1.54) is 16.3 Å². The smallest absolute Gasteiger partial charge is 0.336 e. The van der Waals surface area contributed by atoms with Crippen molar-refractivity contribution in [3.8, 4) is 0 Å². The lowest BCUT2D eigenvalue weighted by atomic mass is 9.87. The summed E-state index contributed by atoms with van der Waals surface area (Å²) in [5.41, 5.74) is 4.24. The normalized spacial score (nSPS) is 17.6. The van der Waals surface area contributed by atoms with Gasteiger partial charge in [0.05, 0.1) is 12.2 Å². The summed E-state index contributed by atoms with van der Waals surface area (Å²) >= 11 is 0. The number of carbonyl (C=O) groups excluding carboxylic acids is 1. The Bertz CT molecular complexity index is 731. The first-order chi connectivity index (χ1) is 9.34. The largest absolute Gasteiger partial charge is 0.462 e. The maximum Gasteiger partial charge on any atom is 0.336 e. The molecule has 4 rings (SSSR count). The van der Waals surface area contributed by atoms with Crippen LogP contribution in [0.25, 0.3) is 16.3 Å². The molecule has 1 N–H and O–H groups in total. The molecule has 0 saturated carbocycles. The molecule has 0 atom stereocenters. The molecule has 0 fully saturated rings. The molecule has 19 heavy (non-hydrogen) atoms. The van der Waals surface area contributed by atoms with Gasteiger partial charge in [-0.2, -0.15) is 0 Å². The van der Waals surface area contributed by atoms with Gasteiger partial charge in [-0.05, 0) is 22.4 Å². The third-order valence-corrected chi connectivity index (χ3v) is 3.88. The Morgan fingerprint density at radius 2 is 1.95 bits per heavy atom. The van der Waals surface area contributed by atoms with Crippen molar-refractivity contribution in [3.63, 3.8) is 0 Å². The number of hydrogen-bond acceptors (Lipinski definition) is 3. The van der Waals surface area contributed by atoms with E-state index in [4.69, 9.17) is 4.74 Å². The predicted octanol–water partition coefficient (Wildman–Crippen LogP) is 2.97. The van der Waals surface area contributed by atoms with Crippen molar-refractivity contribution in [1.29, 1.82) is 0 Å². The Morgan fingerprint density at radius 1 is 1.05 bits per heavy atom. The van der Waals surface area contributed by atoms with Gasteiger partial charge in [0.2, 0.25) is 0 Å². The first kappa shape index (κ1) is 10.6. The lowest BCUT2D eigenvalue weighted by Crippen LogP contribution is -2.26. The summed E-state index contributed by atoms with van der Waals surface area (Å²) in [5.74, 6) is -0.174. The SMILES string of the molecule is O=C1OCCC2=C1CNc1ccc3ccccc3c12. The maximum atomic E-state index is 11.9. The van der Waals surface area contributed by atoms with Crippen LogP contribution in [0, 0.1) is 0 Å². The van der Waals surface area contributed by atoms with Crippen LogP contribution in [-0.2, 0) is 9.53 Å². The fourth-order valence-electron chi connectivity index (χ4n) is 2.99. The topological polar surface area (TPSA) is 38.3 Å². The summed E-state index contributed by atoms with van der Waals surface area (Å²) in [7, 11) is 0. The van der Waals surface area contributed by atoms with E-state index in [1.807, 2.05) is 12.1 Å². The zero-order chi connectivity index (χ0) is 12.8. The number of cyclic esters (lactones) is 1. The molecule has 2 aromatic rings. The van der Waals surface area contributed by atoms with Crippen molar-refractivity contribution < 1.29 is 9.53 Å². The van der Waals surface area contributed by atoms with Crippen LogP contribution in [0.5, 0.6) is 0 Å². The van der Waals surface area contributed by atoms with Gasteiger partial charge in [0.1, 0.15) is 0 Å². The second kappa shape index (κ2) is 3.85. The van der Waals surface area contributed by atoms with Gasteiger partial charge in [-0.15, -0.1) is 0 Å². The first-order valence-electron chi connectivity index (χ1n) is 6.50. The van der Waals surface area contributed by atoms with E-state index in [2.05, 4.69) is 29.6 Å². The monoisotopic (exact) mass is 251 g/mol. The van der Waals surface area contributed by atoms with E-state index in [9.17, 15) is 4.79 Å². The van der Waals surface area contributed by atoms with Crippen LogP contribution in [0.2, 0.25) is 0 Å². The molecule has 0 spiro atoms. The molecule has 3 heteroatoms. The second-order valence-corrected chi connectivity index (χ2v) is 4.91. The van der Waals surface area contributed by atoms with Crippen LogP contribution >= 0.6 is 0 Å². The van der Waals surface area contributed by atoms with Crippen LogP contribution in [0.3, 0.4) is 0 Å². The Balaban J connectivity index is 2.07. The lowest BCUT2D eigenvalue weighted by molar-refractivity contribution is -0.139. The standard InChI is InChI=1S/C16H13NO2/c18-16-13-9-17-14-6-5-10-3-1-2-4-11(10)15(14)12(13)7-8-19-16/h1-6,17H,7-9H2. The number of rotatable bonds is 0. The van der Waals surface area contributed by atoms with E-state index >= 15 is 0 Å². The number of esters is 1. The highest BCUT2D eigenvalue weighted by atomic mass is 16.5. The summed E-state index contributed by atoms with van der Waals surface area (Å²) in [6, 6.07) is 12.5. The van der Waals surface area contributed by atoms with Gasteiger partial charge < -0.3 is 10.1 Å². The number of fused-ring (bicyclic) bond motifs is 4. The summed E-state index contributed by atoms with van der Waals surface area (Å²) < 4.78 is 5.14. The fraction of sp³-hybridized carbons (Fsp3) is 0.188. The molecule has 0 unspecified atom stereocenters. The number of anilines is 1. The fourth-order valence-corrected chi connectivity index (χ4v) is 2.99. The van der Waals surface area contributed by atoms with Crippen LogP contribution < -0.4 is 5.32 Å². The van der Waals surface area contributed by atoms with E-state index in [0.717, 1.165) is 23.3 Å². The Labute approximate surface area is 110 Å². The molecule has 2 heterocycles. The summed E-state index contributed by atoms with van der Waals surface area (Å²) in [6.45, 7) is 1.06. The highest BCUT2D eigenvalue weighted by molar-refractivity contribution is 6.09. The van der Waals surface area contributed by atoms with Gasteiger partial charge in [0, 0.05) is 24.2 Å². The summed E-state index contributed by atoms with van der Waals surface area (Å²) in [6.07, 6.45) is 0.809. The molecule has 0 bridgehead atoms. The number of nitrogens with one attached hydrogen (secondary N) is 1. The zero-order valence-corrected chi connectivity index (χ0v) is 10.4. The minimum absolute atomic E-state index is 0.174. The van der Waals surface area contributed by atoms with E-state index in [0.29, 0.717) is 13.2 Å². The summed E-state index contributed by atoms with van der Waals surface area (Å²) in [4.78, 5) is 11.9. The highest BCUT2D eigenvalue weighted by Crippen LogP contribution is 2.40. The molecule has 0 aromatic heterocycles. The van der Waals surface area contributed by atoms with Gasteiger partial charge in [-0.3, -0.25) is 0 Å². The molecule has 0 aliphatic carbocycles. The zero-order valence-electron chi connectivity index (χ0n) is 10.4. The molecule has 2 aliphatic rings. The van der Waals surface area contributed by atoms with Crippen molar-refractivity contribution in [2.45, 2.75) is 6.42 Å². The van der Waals surface area contributed by atoms with Gasteiger partial charge in [-0.25, -0.2) is 4.79 Å². The molecular weight excluding hydrogens is 238 g/mol. The van der Waals surface area contributed by atoms with Crippen molar-refractivity contribution in [1.82, 2.24) is 0 Å². The Morgan fingerprint density at radius 3 is 2.89 bits per heavy atom. The molecule has 94 valence electrons. The van der Waals surface area contributed by atoms with Crippen molar-refractivity contribution in [2.24, 2.45) is 0 Å². The van der Waals surface area contributed by atoms with Crippen molar-refractivity contribution in [3.05, 3.63) is 47.5 Å². The van der Waals surface area contributed by atoms with Crippen molar-refractivity contribution in [2.75, 3.05) is 18.5 Å². The molecule has 2 aromatic carbocycles. The Kier molecular flexibility index (Phi) is 2.15. The van der Waals surface area contributed by atoms with Crippen LogP contribution in [0.1, 0.15) is 12.0 Å². The molecule has 0 saturated heterocycles. The molecule has 0 radical (unpaired) electrons. The van der Waals surface area contributed by atoms with E-state index in [1.54, 1.807) is 0 Å². The van der Waals surface area contributed by atoms with Gasteiger partial charge in [0.25, 0.3) is 0 Å².